The van der Waals surface area contributed by atoms with Gasteiger partial charge in [0.2, 0.25) is 0 Å². The molecule has 0 aromatic heterocycles. The molecule has 0 fully saturated rings. The zero-order chi connectivity index (χ0) is 15.3. The van der Waals surface area contributed by atoms with Crippen LogP contribution in [0.15, 0.2) is 42.0 Å². The largest absolute Gasteiger partial charge is 0.0791 e. The minimum Gasteiger partial charge on any atom is -0.0791 e. The Labute approximate surface area is 124 Å². The maximum Gasteiger partial charge on any atom is -0.0195 e. The van der Waals surface area contributed by atoms with E-state index in [1.807, 2.05) is 0 Å². The van der Waals surface area contributed by atoms with Crippen LogP contribution in [0.5, 0.6) is 0 Å². The predicted octanol–water partition coefficient (Wildman–Crippen LogP) is 6.17. The minimum absolute atomic E-state index is 0.240. The maximum atomic E-state index is 2.23. The lowest BCUT2D eigenvalue weighted by atomic mass is 9.96. The second-order valence-corrected chi connectivity index (χ2v) is 6.71. The van der Waals surface area contributed by atoms with Crippen LogP contribution in [0.3, 0.4) is 0 Å². The molecule has 0 heteroatoms. The summed E-state index contributed by atoms with van der Waals surface area (Å²) >= 11 is 0. The van der Waals surface area contributed by atoms with Crippen LogP contribution in [-0.4, -0.2) is 0 Å². The molecule has 0 heterocycles. The Bertz CT molecular complexity index is 546. The van der Waals surface area contributed by atoms with Crippen LogP contribution in [0.1, 0.15) is 49.9 Å². The van der Waals surface area contributed by atoms with E-state index in [9.17, 15) is 0 Å². The van der Waals surface area contributed by atoms with Crippen molar-refractivity contribution in [3.63, 3.8) is 0 Å². The maximum absolute atomic E-state index is 2.23. The van der Waals surface area contributed by atoms with Gasteiger partial charge in [0.25, 0.3) is 0 Å². The van der Waals surface area contributed by atoms with Gasteiger partial charge in [0.15, 0.2) is 0 Å². The predicted molar refractivity (Wildman–Crippen MR) is 92.0 cm³/mol. The first-order valence-electron chi connectivity index (χ1n) is 7.32. The molecule has 0 amide bonds. The van der Waals surface area contributed by atoms with E-state index in [4.69, 9.17) is 0 Å². The van der Waals surface area contributed by atoms with Crippen molar-refractivity contribution in [2.75, 3.05) is 0 Å². The van der Waals surface area contributed by atoms with Gasteiger partial charge in [-0.3, -0.25) is 0 Å². The standard InChI is InChI=1S/C20H28/c1-15(9-8-14-20(5,6)7)10-13-19-17(3)12-11-16(2)18(19)4/h8-14H,1-7H3/b13-10+,14-8+,15-9+. The van der Waals surface area contributed by atoms with Crippen molar-refractivity contribution in [3.05, 3.63) is 64.3 Å². The topological polar surface area (TPSA) is 0 Å². The van der Waals surface area contributed by atoms with Gasteiger partial charge in [-0.05, 0) is 55.4 Å². The average Bonchev–Trinajstić information content (AvgIpc) is 2.32. The molecule has 1 rings (SSSR count). The Morgan fingerprint density at radius 1 is 1.00 bits per heavy atom. The fraction of sp³-hybridized carbons (Fsp3) is 0.400. The number of hydrogen-bond acceptors (Lipinski definition) is 0. The van der Waals surface area contributed by atoms with Gasteiger partial charge >= 0.3 is 0 Å². The molecule has 0 aliphatic rings. The van der Waals surface area contributed by atoms with Gasteiger partial charge < -0.3 is 0 Å². The molecule has 0 radical (unpaired) electrons. The molecule has 108 valence electrons. The summed E-state index contributed by atoms with van der Waals surface area (Å²) in [4.78, 5) is 0. The van der Waals surface area contributed by atoms with Crippen LogP contribution < -0.4 is 0 Å². The normalized spacial score (nSPS) is 13.7. The fourth-order valence-electron chi connectivity index (χ4n) is 1.99. The molecule has 1 aromatic carbocycles. The summed E-state index contributed by atoms with van der Waals surface area (Å²) in [7, 11) is 0. The number of benzene rings is 1. The van der Waals surface area contributed by atoms with E-state index >= 15 is 0 Å². The van der Waals surface area contributed by atoms with Gasteiger partial charge in [-0.25, -0.2) is 0 Å². The molecule has 0 nitrogen and oxygen atoms in total. The third-order valence-electron chi connectivity index (χ3n) is 3.47. The van der Waals surface area contributed by atoms with Crippen LogP contribution in [-0.2, 0) is 0 Å². The third-order valence-corrected chi connectivity index (χ3v) is 3.47. The Morgan fingerprint density at radius 2 is 1.60 bits per heavy atom. The highest BCUT2D eigenvalue weighted by atomic mass is 14.1. The number of aryl methyl sites for hydroxylation is 2. The lowest BCUT2D eigenvalue weighted by Crippen LogP contribution is -1.97. The molecule has 0 atom stereocenters. The van der Waals surface area contributed by atoms with Crippen molar-refractivity contribution in [2.24, 2.45) is 5.41 Å². The van der Waals surface area contributed by atoms with Crippen LogP contribution in [0.25, 0.3) is 6.08 Å². The van der Waals surface area contributed by atoms with E-state index in [0.29, 0.717) is 0 Å². The molecular formula is C20H28. The van der Waals surface area contributed by atoms with E-state index in [1.165, 1.54) is 27.8 Å². The highest BCUT2D eigenvalue weighted by molar-refractivity contribution is 5.61. The number of hydrogen-bond donors (Lipinski definition) is 0. The first-order valence-corrected chi connectivity index (χ1v) is 7.32. The van der Waals surface area contributed by atoms with Gasteiger partial charge in [-0.1, -0.05) is 68.9 Å². The van der Waals surface area contributed by atoms with Crippen molar-refractivity contribution >= 4 is 6.08 Å². The Balaban J connectivity index is 2.91. The fourth-order valence-corrected chi connectivity index (χ4v) is 1.99. The van der Waals surface area contributed by atoms with Crippen molar-refractivity contribution in [2.45, 2.75) is 48.5 Å². The Kier molecular flexibility index (Phi) is 5.56. The van der Waals surface area contributed by atoms with E-state index in [1.54, 1.807) is 0 Å². The van der Waals surface area contributed by atoms with Gasteiger partial charge in [0.05, 0.1) is 0 Å². The molecule has 0 N–H and O–H groups in total. The highest BCUT2D eigenvalue weighted by Gasteiger charge is 2.02. The zero-order valence-corrected chi connectivity index (χ0v) is 14.0. The summed E-state index contributed by atoms with van der Waals surface area (Å²) in [6.45, 7) is 15.3. The molecule has 0 saturated carbocycles. The van der Waals surface area contributed by atoms with Gasteiger partial charge in [0, 0.05) is 0 Å². The summed E-state index contributed by atoms with van der Waals surface area (Å²) in [6.07, 6.45) is 11.0. The van der Waals surface area contributed by atoms with Gasteiger partial charge in [-0.2, -0.15) is 0 Å². The van der Waals surface area contributed by atoms with Gasteiger partial charge in [0.1, 0.15) is 0 Å². The summed E-state index contributed by atoms with van der Waals surface area (Å²) < 4.78 is 0. The average molecular weight is 268 g/mol. The summed E-state index contributed by atoms with van der Waals surface area (Å²) in [5.41, 5.74) is 6.92. The third kappa shape index (κ3) is 5.21. The van der Waals surface area contributed by atoms with Crippen molar-refractivity contribution in [1.29, 1.82) is 0 Å². The summed E-state index contributed by atoms with van der Waals surface area (Å²) in [5, 5.41) is 0. The minimum atomic E-state index is 0.240. The van der Waals surface area contributed by atoms with Crippen LogP contribution in [0.2, 0.25) is 0 Å². The Morgan fingerprint density at radius 3 is 2.20 bits per heavy atom. The van der Waals surface area contributed by atoms with Crippen molar-refractivity contribution in [1.82, 2.24) is 0 Å². The monoisotopic (exact) mass is 268 g/mol. The van der Waals surface area contributed by atoms with Crippen molar-refractivity contribution in [3.8, 4) is 0 Å². The number of rotatable bonds is 3. The second kappa shape index (κ2) is 6.74. The lowest BCUT2D eigenvalue weighted by molar-refractivity contribution is 0.544. The van der Waals surface area contributed by atoms with E-state index in [0.717, 1.165) is 0 Å². The molecule has 0 aliphatic heterocycles. The van der Waals surface area contributed by atoms with E-state index < -0.39 is 0 Å². The quantitative estimate of drug-likeness (QED) is 0.575. The van der Waals surface area contributed by atoms with Crippen molar-refractivity contribution < 1.29 is 0 Å². The number of allylic oxidation sites excluding steroid dienone is 5. The molecule has 0 spiro atoms. The summed E-state index contributed by atoms with van der Waals surface area (Å²) in [6, 6.07) is 4.39. The van der Waals surface area contributed by atoms with Crippen LogP contribution in [0.4, 0.5) is 0 Å². The zero-order valence-electron chi connectivity index (χ0n) is 14.0. The highest BCUT2D eigenvalue weighted by Crippen LogP contribution is 2.20. The first kappa shape index (κ1) is 16.5. The smallest absolute Gasteiger partial charge is 0.0195 e. The SMILES string of the molecule is CC(/C=C/c1c(C)ccc(C)c1C)=C\C=C\C(C)(C)C. The van der Waals surface area contributed by atoms with Gasteiger partial charge in [-0.15, -0.1) is 0 Å². The van der Waals surface area contributed by atoms with Crippen LogP contribution in [0, 0.1) is 26.2 Å². The first-order chi connectivity index (χ1) is 9.20. The van der Waals surface area contributed by atoms with E-state index in [-0.39, 0.29) is 5.41 Å². The molecular weight excluding hydrogens is 240 g/mol. The van der Waals surface area contributed by atoms with Crippen LogP contribution >= 0.6 is 0 Å². The molecule has 0 unspecified atom stereocenters. The molecule has 0 saturated heterocycles. The lowest BCUT2D eigenvalue weighted by Gasteiger charge is -2.10. The summed E-state index contributed by atoms with van der Waals surface area (Å²) in [5.74, 6) is 0. The molecule has 0 bridgehead atoms. The molecule has 1 aromatic rings. The van der Waals surface area contributed by atoms with E-state index in [2.05, 4.69) is 91.0 Å². The second-order valence-electron chi connectivity index (χ2n) is 6.71. The molecule has 20 heavy (non-hydrogen) atoms. The molecule has 0 aliphatic carbocycles. The Hall–Kier alpha value is -1.56.